The number of benzene rings is 1. The van der Waals surface area contributed by atoms with E-state index in [4.69, 9.17) is 4.74 Å². The number of pyridine rings is 1. The largest absolute Gasteiger partial charge is 0.478 e. The predicted molar refractivity (Wildman–Crippen MR) is 93.8 cm³/mol. The van der Waals surface area contributed by atoms with Gasteiger partial charge in [0.1, 0.15) is 0 Å². The highest BCUT2D eigenvalue weighted by Gasteiger charge is 2.21. The normalized spacial score (nSPS) is 13.5. The fourth-order valence-corrected chi connectivity index (χ4v) is 2.61. The molecular weight excluding hydrogens is 320 g/mol. The smallest absolute Gasteiger partial charge is 0.321 e. The van der Waals surface area contributed by atoms with Crippen molar-refractivity contribution < 1.29 is 14.3 Å². The van der Waals surface area contributed by atoms with E-state index in [1.165, 1.54) is 0 Å². The summed E-state index contributed by atoms with van der Waals surface area (Å²) in [7, 11) is 0. The summed E-state index contributed by atoms with van der Waals surface area (Å²) in [5, 5.41) is 5.61. The third-order valence-corrected chi connectivity index (χ3v) is 3.87. The first kappa shape index (κ1) is 16.8. The molecular formula is C18H20N4O3. The number of anilines is 1. The van der Waals surface area contributed by atoms with E-state index in [-0.39, 0.29) is 11.9 Å². The average molecular weight is 340 g/mol. The van der Waals surface area contributed by atoms with Crippen LogP contribution in [0.25, 0.3) is 0 Å². The Bertz CT molecular complexity index is 761. The lowest BCUT2D eigenvalue weighted by molar-refractivity contribution is 0.0950. The molecule has 1 aromatic heterocycles. The van der Waals surface area contributed by atoms with Gasteiger partial charge in [0.15, 0.2) is 0 Å². The molecule has 1 fully saturated rings. The molecule has 0 saturated carbocycles. The van der Waals surface area contributed by atoms with Gasteiger partial charge in [0.05, 0.1) is 6.61 Å². The van der Waals surface area contributed by atoms with Crippen molar-refractivity contribution in [2.45, 2.75) is 13.5 Å². The summed E-state index contributed by atoms with van der Waals surface area (Å²) in [6, 6.07) is 10.5. The van der Waals surface area contributed by atoms with Crippen LogP contribution in [0.4, 0.5) is 10.5 Å². The van der Waals surface area contributed by atoms with Crippen molar-refractivity contribution in [3.05, 3.63) is 53.7 Å². The lowest BCUT2D eigenvalue weighted by atomic mass is 10.1. The van der Waals surface area contributed by atoms with Crippen LogP contribution >= 0.6 is 0 Å². The van der Waals surface area contributed by atoms with E-state index < -0.39 is 0 Å². The van der Waals surface area contributed by atoms with Crippen LogP contribution in [0.1, 0.15) is 22.8 Å². The molecule has 3 rings (SSSR count). The van der Waals surface area contributed by atoms with Gasteiger partial charge < -0.3 is 15.4 Å². The van der Waals surface area contributed by atoms with Crippen molar-refractivity contribution >= 4 is 17.6 Å². The van der Waals surface area contributed by atoms with Crippen LogP contribution in [0.5, 0.6) is 5.88 Å². The third kappa shape index (κ3) is 3.88. The second-order valence-electron chi connectivity index (χ2n) is 5.51. The van der Waals surface area contributed by atoms with Crippen molar-refractivity contribution in [2.24, 2.45) is 0 Å². The summed E-state index contributed by atoms with van der Waals surface area (Å²) in [5.74, 6) is 0.337. The molecule has 0 spiro atoms. The SMILES string of the molecule is CCOc1ncccc1CNC(=O)c1ccc(N2CCNC2=O)cc1. The van der Waals surface area contributed by atoms with Crippen LogP contribution in [0.2, 0.25) is 0 Å². The molecule has 0 aliphatic carbocycles. The van der Waals surface area contributed by atoms with Gasteiger partial charge in [-0.2, -0.15) is 0 Å². The lowest BCUT2D eigenvalue weighted by Crippen LogP contribution is -2.28. The quantitative estimate of drug-likeness (QED) is 0.842. The molecule has 3 amide bonds. The Balaban J connectivity index is 1.63. The first-order valence-corrected chi connectivity index (χ1v) is 8.19. The van der Waals surface area contributed by atoms with Gasteiger partial charge >= 0.3 is 6.03 Å². The molecule has 0 radical (unpaired) electrons. The van der Waals surface area contributed by atoms with Crippen LogP contribution in [0.3, 0.4) is 0 Å². The molecule has 130 valence electrons. The minimum absolute atomic E-state index is 0.114. The minimum Gasteiger partial charge on any atom is -0.478 e. The number of ether oxygens (including phenoxy) is 1. The molecule has 1 aliphatic heterocycles. The van der Waals surface area contributed by atoms with Crippen molar-refractivity contribution in [3.8, 4) is 5.88 Å². The van der Waals surface area contributed by atoms with Crippen LogP contribution in [0, 0.1) is 0 Å². The van der Waals surface area contributed by atoms with Gasteiger partial charge in [0.2, 0.25) is 5.88 Å². The number of urea groups is 1. The van der Waals surface area contributed by atoms with Gasteiger partial charge in [-0.3, -0.25) is 9.69 Å². The van der Waals surface area contributed by atoms with Crippen LogP contribution in [-0.2, 0) is 6.54 Å². The first-order valence-electron chi connectivity index (χ1n) is 8.19. The van der Waals surface area contributed by atoms with E-state index in [2.05, 4.69) is 15.6 Å². The minimum atomic E-state index is -0.191. The molecule has 1 aromatic carbocycles. The number of nitrogens with one attached hydrogen (secondary N) is 2. The molecule has 0 unspecified atom stereocenters. The van der Waals surface area contributed by atoms with Crippen LogP contribution < -0.4 is 20.3 Å². The maximum atomic E-state index is 12.3. The zero-order valence-corrected chi connectivity index (χ0v) is 14.0. The zero-order chi connectivity index (χ0) is 17.6. The molecule has 0 bridgehead atoms. The maximum absolute atomic E-state index is 12.3. The van der Waals surface area contributed by atoms with Crippen LogP contribution in [0.15, 0.2) is 42.6 Å². The van der Waals surface area contributed by atoms with E-state index in [1.54, 1.807) is 41.4 Å². The number of rotatable bonds is 6. The van der Waals surface area contributed by atoms with Crippen molar-refractivity contribution in [1.82, 2.24) is 15.6 Å². The first-order chi connectivity index (χ1) is 12.2. The fourth-order valence-electron chi connectivity index (χ4n) is 2.61. The maximum Gasteiger partial charge on any atom is 0.321 e. The van der Waals surface area contributed by atoms with E-state index in [1.807, 2.05) is 13.0 Å². The molecule has 25 heavy (non-hydrogen) atoms. The molecule has 2 N–H and O–H groups in total. The van der Waals surface area contributed by atoms with Gasteiger partial charge in [-0.05, 0) is 37.3 Å². The van der Waals surface area contributed by atoms with Gasteiger partial charge in [0.25, 0.3) is 5.91 Å². The number of amides is 3. The third-order valence-electron chi connectivity index (χ3n) is 3.87. The Morgan fingerprint density at radius 3 is 2.80 bits per heavy atom. The lowest BCUT2D eigenvalue weighted by Gasteiger charge is -2.14. The van der Waals surface area contributed by atoms with E-state index >= 15 is 0 Å². The molecule has 7 nitrogen and oxygen atoms in total. The highest BCUT2D eigenvalue weighted by Crippen LogP contribution is 2.18. The summed E-state index contributed by atoms with van der Waals surface area (Å²) in [6.07, 6.45) is 1.66. The van der Waals surface area contributed by atoms with Crippen molar-refractivity contribution in [1.29, 1.82) is 0 Å². The number of carbonyl (C=O) groups excluding carboxylic acids is 2. The molecule has 1 saturated heterocycles. The second-order valence-corrected chi connectivity index (χ2v) is 5.51. The monoisotopic (exact) mass is 340 g/mol. The Morgan fingerprint density at radius 2 is 2.12 bits per heavy atom. The van der Waals surface area contributed by atoms with Gasteiger partial charge in [-0.15, -0.1) is 0 Å². The highest BCUT2D eigenvalue weighted by atomic mass is 16.5. The Labute approximate surface area is 146 Å². The van der Waals surface area contributed by atoms with E-state index in [0.29, 0.717) is 37.7 Å². The molecule has 2 heterocycles. The average Bonchev–Trinajstić information content (AvgIpc) is 3.07. The number of carbonyl (C=O) groups is 2. The summed E-state index contributed by atoms with van der Waals surface area (Å²) in [4.78, 5) is 29.8. The number of nitrogens with zero attached hydrogens (tertiary/aromatic N) is 2. The van der Waals surface area contributed by atoms with Gasteiger partial charge in [-0.1, -0.05) is 6.07 Å². The summed E-state index contributed by atoms with van der Waals surface area (Å²) < 4.78 is 5.45. The summed E-state index contributed by atoms with van der Waals surface area (Å²) in [5.41, 5.74) is 2.13. The number of hydrogen-bond acceptors (Lipinski definition) is 4. The predicted octanol–water partition coefficient (Wildman–Crippen LogP) is 1.94. The number of hydrogen-bond donors (Lipinski definition) is 2. The van der Waals surface area contributed by atoms with E-state index in [0.717, 1.165) is 11.3 Å². The second kappa shape index (κ2) is 7.65. The molecule has 1 aliphatic rings. The molecule has 0 atom stereocenters. The van der Waals surface area contributed by atoms with Gasteiger partial charge in [0, 0.05) is 42.6 Å². The van der Waals surface area contributed by atoms with Crippen molar-refractivity contribution in [2.75, 3.05) is 24.6 Å². The Hall–Kier alpha value is -3.09. The summed E-state index contributed by atoms with van der Waals surface area (Å²) >= 11 is 0. The molecule has 7 heteroatoms. The van der Waals surface area contributed by atoms with Crippen LogP contribution in [-0.4, -0.2) is 36.6 Å². The fraction of sp³-hybridized carbons (Fsp3) is 0.278. The Morgan fingerprint density at radius 1 is 1.32 bits per heavy atom. The highest BCUT2D eigenvalue weighted by molar-refractivity contribution is 5.97. The van der Waals surface area contributed by atoms with E-state index in [9.17, 15) is 9.59 Å². The number of aromatic nitrogens is 1. The summed E-state index contributed by atoms with van der Waals surface area (Å²) in [6.45, 7) is 4.00. The topological polar surface area (TPSA) is 83.6 Å². The zero-order valence-electron chi connectivity index (χ0n) is 14.0. The Kier molecular flexibility index (Phi) is 5.13. The molecule has 2 aromatic rings. The van der Waals surface area contributed by atoms with Gasteiger partial charge in [-0.25, -0.2) is 9.78 Å². The standard InChI is InChI=1S/C18H20N4O3/c1-2-25-17-14(4-3-9-19-17)12-21-16(23)13-5-7-15(8-6-13)22-11-10-20-18(22)24/h3-9H,2,10-12H2,1H3,(H,20,24)(H,21,23). The van der Waals surface area contributed by atoms with Crippen molar-refractivity contribution in [3.63, 3.8) is 0 Å².